The summed E-state index contributed by atoms with van der Waals surface area (Å²) >= 11 is 1.33. The molecule has 0 saturated carbocycles. The van der Waals surface area contributed by atoms with E-state index in [1.165, 1.54) is 28.1 Å². The SMILES string of the molecule is O=c1cc(-c2ccco2)sc2nnc(-c3ccco3)n12. The van der Waals surface area contributed by atoms with Crippen LogP contribution in [0.15, 0.2) is 56.5 Å². The van der Waals surface area contributed by atoms with Gasteiger partial charge in [0.1, 0.15) is 5.76 Å². The summed E-state index contributed by atoms with van der Waals surface area (Å²) in [6, 6.07) is 8.55. The van der Waals surface area contributed by atoms with Gasteiger partial charge in [0, 0.05) is 6.07 Å². The first kappa shape index (κ1) is 11.2. The molecule has 0 bridgehead atoms. The van der Waals surface area contributed by atoms with Gasteiger partial charge in [0.2, 0.25) is 10.8 Å². The van der Waals surface area contributed by atoms with Gasteiger partial charge in [0.05, 0.1) is 17.4 Å². The fourth-order valence-corrected chi connectivity index (χ4v) is 2.87. The predicted octanol–water partition coefficient (Wildman–Crippen LogP) is 2.67. The first-order valence-electron chi connectivity index (χ1n) is 5.80. The Morgan fingerprint density at radius 3 is 2.50 bits per heavy atom. The van der Waals surface area contributed by atoms with E-state index in [-0.39, 0.29) is 5.56 Å². The van der Waals surface area contributed by atoms with Crippen LogP contribution in [0.1, 0.15) is 0 Å². The van der Waals surface area contributed by atoms with Gasteiger partial charge in [-0.15, -0.1) is 10.2 Å². The number of fused-ring (bicyclic) bond motifs is 1. The normalized spacial score (nSPS) is 11.2. The van der Waals surface area contributed by atoms with Crippen molar-refractivity contribution in [3.63, 3.8) is 0 Å². The minimum absolute atomic E-state index is 0.221. The third-order valence-electron chi connectivity index (χ3n) is 2.82. The molecular formula is C13H7N3O3S. The summed E-state index contributed by atoms with van der Waals surface area (Å²) in [5.41, 5.74) is -0.221. The molecular weight excluding hydrogens is 278 g/mol. The monoisotopic (exact) mass is 285 g/mol. The lowest BCUT2D eigenvalue weighted by atomic mass is 10.4. The van der Waals surface area contributed by atoms with E-state index < -0.39 is 0 Å². The lowest BCUT2D eigenvalue weighted by molar-refractivity contribution is 0.576. The molecule has 0 unspecified atom stereocenters. The van der Waals surface area contributed by atoms with Crippen LogP contribution in [0, 0.1) is 0 Å². The molecule has 4 heterocycles. The lowest BCUT2D eigenvalue weighted by Crippen LogP contribution is -2.11. The maximum Gasteiger partial charge on any atom is 0.260 e. The number of rotatable bonds is 2. The molecule has 0 aliphatic heterocycles. The van der Waals surface area contributed by atoms with Gasteiger partial charge in [0.15, 0.2) is 5.76 Å². The van der Waals surface area contributed by atoms with Gasteiger partial charge >= 0.3 is 0 Å². The summed E-state index contributed by atoms with van der Waals surface area (Å²) in [6.07, 6.45) is 3.09. The number of nitrogens with zero attached hydrogens (tertiary/aromatic N) is 3. The zero-order valence-electron chi connectivity index (χ0n) is 10.0. The molecule has 0 saturated heterocycles. The second kappa shape index (κ2) is 4.17. The van der Waals surface area contributed by atoms with Crippen LogP contribution in [0.5, 0.6) is 0 Å². The van der Waals surface area contributed by atoms with Gasteiger partial charge in [-0.1, -0.05) is 11.3 Å². The molecule has 6 nitrogen and oxygen atoms in total. The van der Waals surface area contributed by atoms with Gasteiger partial charge in [-0.2, -0.15) is 0 Å². The first-order valence-corrected chi connectivity index (χ1v) is 6.61. The molecule has 0 amide bonds. The molecule has 0 aliphatic rings. The van der Waals surface area contributed by atoms with E-state index in [0.717, 1.165) is 0 Å². The van der Waals surface area contributed by atoms with E-state index >= 15 is 0 Å². The molecule has 0 fully saturated rings. The minimum atomic E-state index is -0.221. The van der Waals surface area contributed by atoms with Crippen molar-refractivity contribution < 1.29 is 8.83 Å². The Bertz CT molecular complexity index is 920. The fraction of sp³-hybridized carbons (Fsp3) is 0. The maximum absolute atomic E-state index is 12.3. The predicted molar refractivity (Wildman–Crippen MR) is 72.5 cm³/mol. The fourth-order valence-electron chi connectivity index (χ4n) is 1.94. The van der Waals surface area contributed by atoms with Crippen LogP contribution in [0.3, 0.4) is 0 Å². The number of furan rings is 2. The van der Waals surface area contributed by atoms with Crippen molar-refractivity contribution in [1.82, 2.24) is 14.6 Å². The quantitative estimate of drug-likeness (QED) is 0.566. The van der Waals surface area contributed by atoms with Crippen LogP contribution in [0.4, 0.5) is 0 Å². The second-order valence-corrected chi connectivity index (χ2v) is 5.05. The highest BCUT2D eigenvalue weighted by Crippen LogP contribution is 2.26. The Kier molecular flexibility index (Phi) is 2.33. The average molecular weight is 285 g/mol. The highest BCUT2D eigenvalue weighted by atomic mass is 32.1. The Labute approximate surface area is 115 Å². The molecule has 0 aliphatic carbocycles. The molecule has 0 N–H and O–H groups in total. The Hall–Kier alpha value is -2.67. The molecule has 0 aromatic carbocycles. The Balaban J connectivity index is 1.98. The highest BCUT2D eigenvalue weighted by Gasteiger charge is 2.15. The summed E-state index contributed by atoms with van der Waals surface area (Å²) in [5.74, 6) is 1.54. The third kappa shape index (κ3) is 1.60. The lowest BCUT2D eigenvalue weighted by Gasteiger charge is -1.97. The molecule has 4 aromatic rings. The van der Waals surface area contributed by atoms with E-state index in [0.29, 0.717) is 27.2 Å². The Morgan fingerprint density at radius 1 is 1.05 bits per heavy atom. The average Bonchev–Trinajstić information content (AvgIpc) is 3.19. The van der Waals surface area contributed by atoms with E-state index in [2.05, 4.69) is 10.2 Å². The molecule has 4 rings (SSSR count). The molecule has 0 spiro atoms. The van der Waals surface area contributed by atoms with Crippen molar-refractivity contribution >= 4 is 16.3 Å². The smallest absolute Gasteiger partial charge is 0.260 e. The van der Waals surface area contributed by atoms with Crippen LogP contribution >= 0.6 is 11.3 Å². The van der Waals surface area contributed by atoms with Crippen molar-refractivity contribution in [3.05, 3.63) is 53.2 Å². The van der Waals surface area contributed by atoms with E-state index in [1.54, 1.807) is 30.5 Å². The minimum Gasteiger partial charge on any atom is -0.464 e. The topological polar surface area (TPSA) is 73.5 Å². The van der Waals surface area contributed by atoms with Crippen LogP contribution < -0.4 is 5.56 Å². The first-order chi connectivity index (χ1) is 9.83. The highest BCUT2D eigenvalue weighted by molar-refractivity contribution is 7.19. The molecule has 98 valence electrons. The van der Waals surface area contributed by atoms with Crippen LogP contribution in [-0.2, 0) is 0 Å². The number of hydrogen-bond acceptors (Lipinski definition) is 6. The zero-order chi connectivity index (χ0) is 13.5. The summed E-state index contributed by atoms with van der Waals surface area (Å²) in [4.78, 5) is 13.5. The molecule has 4 aromatic heterocycles. The summed E-state index contributed by atoms with van der Waals surface area (Å²) in [6.45, 7) is 0. The third-order valence-corrected chi connectivity index (χ3v) is 3.80. The van der Waals surface area contributed by atoms with Crippen molar-refractivity contribution in [1.29, 1.82) is 0 Å². The number of hydrogen-bond donors (Lipinski definition) is 0. The van der Waals surface area contributed by atoms with Gasteiger partial charge in [-0.25, -0.2) is 4.40 Å². The van der Waals surface area contributed by atoms with Crippen molar-refractivity contribution in [2.45, 2.75) is 0 Å². The van der Waals surface area contributed by atoms with Crippen molar-refractivity contribution in [2.75, 3.05) is 0 Å². The number of aromatic nitrogens is 3. The summed E-state index contributed by atoms with van der Waals surface area (Å²) < 4.78 is 12.0. The van der Waals surface area contributed by atoms with Gasteiger partial charge in [-0.05, 0) is 24.3 Å². The van der Waals surface area contributed by atoms with Crippen LogP contribution in [0.25, 0.3) is 27.2 Å². The maximum atomic E-state index is 12.3. The van der Waals surface area contributed by atoms with Crippen molar-refractivity contribution in [3.8, 4) is 22.2 Å². The summed E-state index contributed by atoms with van der Waals surface area (Å²) in [5, 5.41) is 8.06. The molecule has 7 heteroatoms. The largest absolute Gasteiger partial charge is 0.464 e. The van der Waals surface area contributed by atoms with Crippen LogP contribution in [-0.4, -0.2) is 14.6 Å². The zero-order valence-corrected chi connectivity index (χ0v) is 10.8. The van der Waals surface area contributed by atoms with Crippen LogP contribution in [0.2, 0.25) is 0 Å². The van der Waals surface area contributed by atoms with Crippen molar-refractivity contribution in [2.24, 2.45) is 0 Å². The standard InChI is InChI=1S/C13H7N3O3S/c17-11-7-10(8-3-1-5-18-8)20-13-15-14-12(16(11)13)9-4-2-6-19-9/h1-7H. The van der Waals surface area contributed by atoms with E-state index in [9.17, 15) is 4.79 Å². The van der Waals surface area contributed by atoms with Gasteiger partial charge < -0.3 is 8.83 Å². The van der Waals surface area contributed by atoms with Gasteiger partial charge in [0.25, 0.3) is 5.56 Å². The van der Waals surface area contributed by atoms with Gasteiger partial charge in [-0.3, -0.25) is 4.79 Å². The Morgan fingerprint density at radius 2 is 1.80 bits per heavy atom. The summed E-state index contributed by atoms with van der Waals surface area (Å²) in [7, 11) is 0. The van der Waals surface area contributed by atoms with E-state index in [4.69, 9.17) is 8.83 Å². The second-order valence-electron chi connectivity index (χ2n) is 4.05. The van der Waals surface area contributed by atoms with E-state index in [1.807, 2.05) is 0 Å². The molecule has 20 heavy (non-hydrogen) atoms. The molecule has 0 radical (unpaired) electrons. The molecule has 0 atom stereocenters.